The van der Waals surface area contributed by atoms with Gasteiger partial charge >= 0.3 is 0 Å². The van der Waals surface area contributed by atoms with Crippen LogP contribution in [0.3, 0.4) is 0 Å². The Bertz CT molecular complexity index is 233. The molecule has 0 aromatic heterocycles. The molecule has 1 atom stereocenters. The van der Waals surface area contributed by atoms with Gasteiger partial charge in [0.15, 0.2) is 0 Å². The molecule has 0 radical (unpaired) electrons. The van der Waals surface area contributed by atoms with Gasteiger partial charge in [-0.1, -0.05) is 6.92 Å². The van der Waals surface area contributed by atoms with Gasteiger partial charge in [-0.15, -0.1) is 0 Å². The first kappa shape index (κ1) is 12.3. The Morgan fingerprint density at radius 3 is 2.81 bits per heavy atom. The van der Waals surface area contributed by atoms with E-state index < -0.39 is 0 Å². The number of ether oxygens (including phenoxy) is 1. The van der Waals surface area contributed by atoms with Crippen molar-refractivity contribution in [3.8, 4) is 0 Å². The Hall–Kier alpha value is -0.110. The van der Waals surface area contributed by atoms with E-state index in [1.165, 1.54) is 62.0 Å². The zero-order chi connectivity index (χ0) is 11.3. The molecule has 0 spiro atoms. The molecule has 2 fully saturated rings. The highest BCUT2D eigenvalue weighted by Gasteiger charge is 2.26. The van der Waals surface area contributed by atoms with E-state index in [4.69, 9.17) is 4.74 Å². The van der Waals surface area contributed by atoms with Crippen molar-refractivity contribution in [3.05, 3.63) is 11.8 Å². The van der Waals surface area contributed by atoms with E-state index in [0.717, 1.165) is 6.61 Å². The summed E-state index contributed by atoms with van der Waals surface area (Å²) in [5, 5.41) is 0. The maximum Gasteiger partial charge on any atom is 0.0878 e. The van der Waals surface area contributed by atoms with Gasteiger partial charge in [-0.05, 0) is 67.4 Å². The maximum absolute atomic E-state index is 5.71. The molecule has 1 aliphatic carbocycles. The van der Waals surface area contributed by atoms with Crippen LogP contribution in [-0.2, 0) is 4.74 Å². The summed E-state index contributed by atoms with van der Waals surface area (Å²) in [6, 6.07) is 0. The summed E-state index contributed by atoms with van der Waals surface area (Å²) in [5.74, 6) is 2.69. The summed E-state index contributed by atoms with van der Waals surface area (Å²) in [7, 11) is 0. The minimum absolute atomic E-state index is 0.539. The molecule has 0 bridgehead atoms. The first-order valence-electron chi connectivity index (χ1n) is 6.66. The predicted octanol–water partition coefficient (Wildman–Crippen LogP) is 4.38. The minimum atomic E-state index is 0.539. The molecule has 0 N–H and O–H groups in total. The normalized spacial score (nSPS) is 30.4. The van der Waals surface area contributed by atoms with Crippen molar-refractivity contribution in [1.82, 2.24) is 0 Å². The van der Waals surface area contributed by atoms with Crippen molar-refractivity contribution < 1.29 is 4.74 Å². The van der Waals surface area contributed by atoms with Crippen molar-refractivity contribution in [2.75, 3.05) is 18.1 Å². The van der Waals surface area contributed by atoms with E-state index >= 15 is 0 Å². The number of hydrogen-bond acceptors (Lipinski definition) is 2. The van der Waals surface area contributed by atoms with Gasteiger partial charge in [0.25, 0.3) is 0 Å². The van der Waals surface area contributed by atoms with Crippen molar-refractivity contribution in [2.24, 2.45) is 5.41 Å². The monoisotopic (exact) mass is 240 g/mol. The third-order valence-electron chi connectivity index (χ3n) is 3.84. The standard InChI is InChI=1S/C14H24OS/c1-14(7-4-10-16-12-14)8-9-15-11-13-5-2-3-6-13/h11H,2-10,12H2,1H3. The Morgan fingerprint density at radius 1 is 1.31 bits per heavy atom. The molecular formula is C14H24OS. The molecule has 1 heterocycles. The summed E-state index contributed by atoms with van der Waals surface area (Å²) in [6.07, 6.45) is 11.3. The van der Waals surface area contributed by atoms with Gasteiger partial charge < -0.3 is 4.74 Å². The third-order valence-corrected chi connectivity index (χ3v) is 5.32. The second-order valence-electron chi connectivity index (χ2n) is 5.57. The Labute approximate surface area is 104 Å². The van der Waals surface area contributed by atoms with E-state index in [9.17, 15) is 0 Å². The summed E-state index contributed by atoms with van der Waals surface area (Å²) >= 11 is 2.11. The minimum Gasteiger partial charge on any atom is -0.501 e. The van der Waals surface area contributed by atoms with Crippen LogP contribution in [0, 0.1) is 5.41 Å². The fourth-order valence-corrected chi connectivity index (χ4v) is 3.89. The second-order valence-corrected chi connectivity index (χ2v) is 6.68. The van der Waals surface area contributed by atoms with Gasteiger partial charge in [-0.25, -0.2) is 0 Å². The molecule has 0 aromatic carbocycles. The van der Waals surface area contributed by atoms with Crippen molar-refractivity contribution in [3.63, 3.8) is 0 Å². The molecule has 92 valence electrons. The lowest BCUT2D eigenvalue weighted by atomic mass is 9.84. The van der Waals surface area contributed by atoms with E-state index in [1.807, 2.05) is 6.26 Å². The molecule has 16 heavy (non-hydrogen) atoms. The van der Waals surface area contributed by atoms with E-state index in [2.05, 4.69) is 18.7 Å². The topological polar surface area (TPSA) is 9.23 Å². The molecule has 0 amide bonds. The van der Waals surface area contributed by atoms with Crippen LogP contribution in [0.25, 0.3) is 0 Å². The zero-order valence-electron chi connectivity index (χ0n) is 10.5. The predicted molar refractivity (Wildman–Crippen MR) is 71.8 cm³/mol. The van der Waals surface area contributed by atoms with Crippen LogP contribution in [0.5, 0.6) is 0 Å². The number of rotatable bonds is 4. The van der Waals surface area contributed by atoms with Crippen molar-refractivity contribution in [2.45, 2.75) is 51.9 Å². The fourth-order valence-electron chi connectivity index (χ4n) is 2.62. The first-order chi connectivity index (χ1) is 7.79. The fraction of sp³-hybridized carbons (Fsp3) is 0.857. The molecule has 2 aliphatic rings. The van der Waals surface area contributed by atoms with Gasteiger partial charge in [-0.3, -0.25) is 0 Å². The molecule has 1 nitrogen and oxygen atoms in total. The molecule has 1 aliphatic heterocycles. The highest BCUT2D eigenvalue weighted by Crippen LogP contribution is 2.36. The smallest absolute Gasteiger partial charge is 0.0878 e. The lowest BCUT2D eigenvalue weighted by Crippen LogP contribution is -2.25. The summed E-state index contributed by atoms with van der Waals surface area (Å²) in [6.45, 7) is 3.34. The SMILES string of the molecule is CC1(CCOC=C2CCCC2)CCCSC1. The highest BCUT2D eigenvalue weighted by atomic mass is 32.2. The average molecular weight is 240 g/mol. The lowest BCUT2D eigenvalue weighted by Gasteiger charge is -2.32. The lowest BCUT2D eigenvalue weighted by molar-refractivity contribution is 0.178. The van der Waals surface area contributed by atoms with Gasteiger partial charge in [-0.2, -0.15) is 11.8 Å². The first-order valence-corrected chi connectivity index (χ1v) is 7.81. The molecule has 1 saturated heterocycles. The van der Waals surface area contributed by atoms with Crippen molar-refractivity contribution >= 4 is 11.8 Å². The summed E-state index contributed by atoms with van der Waals surface area (Å²) in [4.78, 5) is 0. The van der Waals surface area contributed by atoms with Gasteiger partial charge in [0, 0.05) is 0 Å². The summed E-state index contributed by atoms with van der Waals surface area (Å²) in [5.41, 5.74) is 2.07. The quantitative estimate of drug-likeness (QED) is 0.532. The van der Waals surface area contributed by atoms with Crippen LogP contribution in [0.2, 0.25) is 0 Å². The zero-order valence-corrected chi connectivity index (χ0v) is 11.3. The Morgan fingerprint density at radius 2 is 2.12 bits per heavy atom. The van der Waals surface area contributed by atoms with Crippen molar-refractivity contribution in [1.29, 1.82) is 0 Å². The van der Waals surface area contributed by atoms with E-state index in [1.54, 1.807) is 0 Å². The molecule has 2 heteroatoms. The maximum atomic E-state index is 5.71. The van der Waals surface area contributed by atoms with Crippen LogP contribution in [0.4, 0.5) is 0 Å². The van der Waals surface area contributed by atoms with Gasteiger partial charge in [0.05, 0.1) is 12.9 Å². The van der Waals surface area contributed by atoms with Gasteiger partial charge in [0.2, 0.25) is 0 Å². The van der Waals surface area contributed by atoms with E-state index in [0.29, 0.717) is 5.41 Å². The largest absolute Gasteiger partial charge is 0.501 e. The average Bonchev–Trinajstić information content (AvgIpc) is 2.78. The number of hydrogen-bond donors (Lipinski definition) is 0. The Balaban J connectivity index is 1.64. The van der Waals surface area contributed by atoms with Crippen LogP contribution in [0.1, 0.15) is 51.9 Å². The highest BCUT2D eigenvalue weighted by molar-refractivity contribution is 7.99. The molecule has 0 aromatic rings. The van der Waals surface area contributed by atoms with Gasteiger partial charge in [0.1, 0.15) is 0 Å². The molecule has 1 saturated carbocycles. The Kier molecular flexibility index (Phi) is 4.63. The van der Waals surface area contributed by atoms with Crippen LogP contribution < -0.4 is 0 Å². The van der Waals surface area contributed by atoms with Crippen LogP contribution in [-0.4, -0.2) is 18.1 Å². The second kappa shape index (κ2) is 6.00. The molecule has 2 rings (SSSR count). The van der Waals surface area contributed by atoms with Crippen LogP contribution >= 0.6 is 11.8 Å². The van der Waals surface area contributed by atoms with Crippen LogP contribution in [0.15, 0.2) is 11.8 Å². The third kappa shape index (κ3) is 3.73. The summed E-state index contributed by atoms with van der Waals surface area (Å²) < 4.78 is 5.71. The molecular weight excluding hydrogens is 216 g/mol. The molecule has 1 unspecified atom stereocenters. The number of allylic oxidation sites excluding steroid dienone is 1. The number of thioether (sulfide) groups is 1. The van der Waals surface area contributed by atoms with E-state index in [-0.39, 0.29) is 0 Å².